The smallest absolute Gasteiger partial charge is 0.156 e. The summed E-state index contributed by atoms with van der Waals surface area (Å²) in [5.74, 6) is 0.855. The van der Waals surface area contributed by atoms with Crippen molar-refractivity contribution in [1.29, 1.82) is 0 Å². The predicted octanol–water partition coefficient (Wildman–Crippen LogP) is 3.00. The highest BCUT2D eigenvalue weighted by Gasteiger charge is 2.18. The number of halogens is 1. The van der Waals surface area contributed by atoms with Gasteiger partial charge in [-0.15, -0.1) is 0 Å². The third-order valence-corrected chi connectivity index (χ3v) is 5.49. The van der Waals surface area contributed by atoms with E-state index in [1.54, 1.807) is 0 Å². The van der Waals surface area contributed by atoms with Crippen LogP contribution in [-0.4, -0.2) is 46.5 Å². The fraction of sp³-hybridized carbons (Fsp3) is 0.632. The van der Waals surface area contributed by atoms with Gasteiger partial charge >= 0.3 is 0 Å². The molecule has 0 aliphatic carbocycles. The van der Waals surface area contributed by atoms with Crippen molar-refractivity contribution in [3.8, 4) is 0 Å². The van der Waals surface area contributed by atoms with Crippen LogP contribution >= 0.6 is 11.6 Å². The summed E-state index contributed by atoms with van der Waals surface area (Å²) < 4.78 is 2.09. The molecule has 5 N–H and O–H groups in total. The molecule has 144 valence electrons. The Labute approximate surface area is 160 Å². The Morgan fingerprint density at radius 3 is 2.69 bits per heavy atom. The van der Waals surface area contributed by atoms with Gasteiger partial charge < -0.3 is 21.7 Å². The number of aryl methyl sites for hydroxylation is 1. The molecule has 0 spiro atoms. The molecule has 7 heteroatoms. The number of hydrogen-bond donors (Lipinski definition) is 3. The van der Waals surface area contributed by atoms with Crippen LogP contribution < -0.4 is 16.8 Å². The van der Waals surface area contributed by atoms with E-state index >= 15 is 0 Å². The molecule has 1 aromatic carbocycles. The second-order valence-corrected chi connectivity index (χ2v) is 7.78. The van der Waals surface area contributed by atoms with Crippen LogP contribution in [0.5, 0.6) is 0 Å². The largest absolute Gasteiger partial charge is 0.368 e. The van der Waals surface area contributed by atoms with Crippen LogP contribution in [0.3, 0.4) is 0 Å². The highest BCUT2D eigenvalue weighted by atomic mass is 35.5. The van der Waals surface area contributed by atoms with Crippen LogP contribution in [0.4, 0.5) is 5.82 Å². The number of benzene rings is 1. The molecule has 0 amide bonds. The molecular weight excluding hydrogens is 348 g/mol. The van der Waals surface area contributed by atoms with Crippen molar-refractivity contribution in [2.24, 2.45) is 11.5 Å². The first kappa shape index (κ1) is 19.4. The number of piperidine rings is 1. The average molecular weight is 379 g/mol. The predicted molar refractivity (Wildman–Crippen MR) is 110 cm³/mol. The van der Waals surface area contributed by atoms with Crippen LogP contribution in [0.2, 0.25) is 5.02 Å². The van der Waals surface area contributed by atoms with E-state index in [0.29, 0.717) is 19.0 Å². The average Bonchev–Trinajstić information content (AvgIpc) is 2.97. The number of anilines is 1. The second kappa shape index (κ2) is 9.04. The molecule has 1 fully saturated rings. The molecule has 6 nitrogen and oxygen atoms in total. The molecule has 3 rings (SSSR count). The first-order chi connectivity index (χ1) is 12.5. The lowest BCUT2D eigenvalue weighted by Gasteiger charge is -2.32. The van der Waals surface area contributed by atoms with Crippen molar-refractivity contribution < 1.29 is 0 Å². The molecule has 1 saturated heterocycles. The lowest BCUT2D eigenvalue weighted by molar-refractivity contribution is 0.162. The number of fused-ring (bicyclic) bond motifs is 1. The van der Waals surface area contributed by atoms with Gasteiger partial charge in [-0.05, 0) is 63.9 Å². The van der Waals surface area contributed by atoms with Gasteiger partial charge in [-0.1, -0.05) is 18.0 Å². The van der Waals surface area contributed by atoms with Crippen molar-refractivity contribution in [2.45, 2.75) is 57.8 Å². The molecule has 2 heterocycles. The SMILES string of the molecule is CC(CCn1nc(NCCC(N)N)c2cc(Cl)ccc21)N1CCCCC1. The van der Waals surface area contributed by atoms with Gasteiger partial charge in [0.2, 0.25) is 0 Å². The van der Waals surface area contributed by atoms with E-state index in [1.165, 1.54) is 32.4 Å². The van der Waals surface area contributed by atoms with Crippen LogP contribution in [0.1, 0.15) is 39.0 Å². The van der Waals surface area contributed by atoms with Crippen molar-refractivity contribution in [3.63, 3.8) is 0 Å². The molecule has 1 aliphatic heterocycles. The maximum Gasteiger partial charge on any atom is 0.156 e. The third-order valence-electron chi connectivity index (χ3n) is 5.26. The zero-order chi connectivity index (χ0) is 18.5. The van der Waals surface area contributed by atoms with Gasteiger partial charge in [0.25, 0.3) is 0 Å². The number of nitrogens with zero attached hydrogens (tertiary/aromatic N) is 3. The summed E-state index contributed by atoms with van der Waals surface area (Å²) in [5, 5.41) is 9.92. The van der Waals surface area contributed by atoms with E-state index in [-0.39, 0.29) is 6.17 Å². The minimum atomic E-state index is -0.315. The standard InChI is InChI=1S/C19H31ClN6/c1-14(25-10-3-2-4-11-25)8-12-26-17-6-5-15(20)13-16(17)19(24-26)23-9-7-18(21)22/h5-6,13-14,18H,2-4,7-12,21-22H2,1H3,(H,23,24). The molecule has 26 heavy (non-hydrogen) atoms. The number of aromatic nitrogens is 2. The monoisotopic (exact) mass is 378 g/mol. The minimum absolute atomic E-state index is 0.315. The van der Waals surface area contributed by atoms with Crippen LogP contribution in [0.25, 0.3) is 10.9 Å². The number of nitrogens with two attached hydrogens (primary N) is 2. The van der Waals surface area contributed by atoms with Crippen molar-refractivity contribution >= 4 is 28.3 Å². The molecular formula is C19H31ClN6. The maximum atomic E-state index is 6.20. The van der Waals surface area contributed by atoms with Crippen molar-refractivity contribution in [2.75, 3.05) is 25.0 Å². The summed E-state index contributed by atoms with van der Waals surface area (Å²) >= 11 is 6.20. The van der Waals surface area contributed by atoms with Crippen molar-refractivity contribution in [1.82, 2.24) is 14.7 Å². The number of likely N-dealkylation sites (tertiary alicyclic amines) is 1. The van der Waals surface area contributed by atoms with E-state index in [2.05, 4.69) is 27.9 Å². The molecule has 1 aliphatic rings. The summed E-state index contributed by atoms with van der Waals surface area (Å²) in [5.41, 5.74) is 12.4. The zero-order valence-corrected chi connectivity index (χ0v) is 16.4. The molecule has 0 saturated carbocycles. The second-order valence-electron chi connectivity index (χ2n) is 7.35. The van der Waals surface area contributed by atoms with Gasteiger partial charge in [0.15, 0.2) is 5.82 Å². The molecule has 1 aromatic heterocycles. The Morgan fingerprint density at radius 2 is 1.96 bits per heavy atom. The van der Waals surface area contributed by atoms with Crippen molar-refractivity contribution in [3.05, 3.63) is 23.2 Å². The summed E-state index contributed by atoms with van der Waals surface area (Å²) in [6.07, 6.45) is 5.49. The Hall–Kier alpha value is -1.34. The Kier molecular flexibility index (Phi) is 6.75. The van der Waals surface area contributed by atoms with Crippen LogP contribution in [-0.2, 0) is 6.54 Å². The van der Waals surface area contributed by atoms with Gasteiger partial charge in [-0.2, -0.15) is 5.10 Å². The van der Waals surface area contributed by atoms with Gasteiger partial charge in [0, 0.05) is 29.5 Å². The Morgan fingerprint density at radius 1 is 1.19 bits per heavy atom. The van der Waals surface area contributed by atoms with Crippen LogP contribution in [0.15, 0.2) is 18.2 Å². The lowest BCUT2D eigenvalue weighted by Crippen LogP contribution is -2.37. The van der Waals surface area contributed by atoms with Gasteiger partial charge in [-0.3, -0.25) is 4.68 Å². The van der Waals surface area contributed by atoms with Gasteiger partial charge in [-0.25, -0.2) is 0 Å². The molecule has 1 atom stereocenters. The number of hydrogen-bond acceptors (Lipinski definition) is 5. The topological polar surface area (TPSA) is 85.1 Å². The normalized spacial score (nSPS) is 17.1. The summed E-state index contributed by atoms with van der Waals surface area (Å²) in [6, 6.07) is 6.53. The summed E-state index contributed by atoms with van der Waals surface area (Å²) in [6.45, 7) is 6.37. The van der Waals surface area contributed by atoms with Crippen LogP contribution in [0, 0.1) is 0 Å². The fourth-order valence-corrected chi connectivity index (χ4v) is 3.83. The van der Waals surface area contributed by atoms with Gasteiger partial charge in [0.1, 0.15) is 0 Å². The van der Waals surface area contributed by atoms with E-state index in [0.717, 1.165) is 34.7 Å². The van der Waals surface area contributed by atoms with E-state index < -0.39 is 0 Å². The van der Waals surface area contributed by atoms with E-state index in [4.69, 9.17) is 28.2 Å². The molecule has 0 radical (unpaired) electrons. The number of nitrogens with one attached hydrogen (secondary N) is 1. The molecule has 1 unspecified atom stereocenters. The Balaban J connectivity index is 1.70. The summed E-state index contributed by atoms with van der Waals surface area (Å²) in [4.78, 5) is 2.61. The minimum Gasteiger partial charge on any atom is -0.368 e. The quantitative estimate of drug-likeness (QED) is 0.615. The summed E-state index contributed by atoms with van der Waals surface area (Å²) in [7, 11) is 0. The Bertz CT molecular complexity index is 707. The fourth-order valence-electron chi connectivity index (χ4n) is 3.66. The highest BCUT2D eigenvalue weighted by Crippen LogP contribution is 2.27. The van der Waals surface area contributed by atoms with Gasteiger partial charge in [0.05, 0.1) is 11.7 Å². The zero-order valence-electron chi connectivity index (χ0n) is 15.6. The molecule has 2 aromatic rings. The number of rotatable bonds is 8. The molecule has 0 bridgehead atoms. The van der Waals surface area contributed by atoms with E-state index in [9.17, 15) is 0 Å². The highest BCUT2D eigenvalue weighted by molar-refractivity contribution is 6.31. The lowest BCUT2D eigenvalue weighted by atomic mass is 10.1. The maximum absolute atomic E-state index is 6.20. The first-order valence-electron chi connectivity index (χ1n) is 9.70. The first-order valence-corrected chi connectivity index (χ1v) is 10.1. The van der Waals surface area contributed by atoms with E-state index in [1.807, 2.05) is 12.1 Å². The third kappa shape index (κ3) is 4.88.